The summed E-state index contributed by atoms with van der Waals surface area (Å²) >= 11 is 0. The van der Waals surface area contributed by atoms with Crippen molar-refractivity contribution in [2.24, 2.45) is 0 Å². The monoisotopic (exact) mass is 245 g/mol. The third kappa shape index (κ3) is 8.66. The van der Waals surface area contributed by atoms with Crippen LogP contribution in [0.1, 0.15) is 13.8 Å². The first-order chi connectivity index (χ1) is 5.89. The Bertz CT molecular complexity index is 214. The van der Waals surface area contributed by atoms with Crippen molar-refractivity contribution in [2.45, 2.75) is 13.8 Å². The van der Waals surface area contributed by atoms with Gasteiger partial charge in [0, 0.05) is 0 Å². The molecule has 0 saturated carbocycles. The molecule has 5 nitrogen and oxygen atoms in total. The van der Waals surface area contributed by atoms with E-state index in [0.29, 0.717) is 13.1 Å². The number of rotatable bonds is 6. The number of carbonyl (C=O) groups is 1. The molecular weight excluding hydrogens is 229 g/mol. The molecule has 0 bridgehead atoms. The van der Waals surface area contributed by atoms with Gasteiger partial charge in [-0.2, -0.15) is 0 Å². The van der Waals surface area contributed by atoms with Gasteiger partial charge >= 0.3 is 7.60 Å². The van der Waals surface area contributed by atoms with Gasteiger partial charge in [-0.1, -0.05) is 13.8 Å². The van der Waals surface area contributed by atoms with E-state index >= 15 is 0 Å². The number of Topliss-reactive ketones (excluding diaryl/α,β-unsaturated/α-hetero) is 1. The van der Waals surface area contributed by atoms with Gasteiger partial charge in [0.2, 0.25) is 0 Å². The third-order valence-corrected chi connectivity index (χ3v) is 2.44. The van der Waals surface area contributed by atoms with Crippen molar-refractivity contribution in [2.75, 3.05) is 25.8 Å². The summed E-state index contributed by atoms with van der Waals surface area (Å²) in [6, 6.07) is 0. The van der Waals surface area contributed by atoms with E-state index in [-0.39, 0.29) is 19.0 Å². The van der Waals surface area contributed by atoms with Gasteiger partial charge in [-0.15, -0.1) is 12.4 Å². The molecule has 0 unspecified atom stereocenters. The summed E-state index contributed by atoms with van der Waals surface area (Å²) in [4.78, 5) is 29.9. The summed E-state index contributed by atoms with van der Waals surface area (Å²) in [5, 5.41) is 0. The molecule has 0 saturated heterocycles. The number of hydrogen-bond acceptors (Lipinski definition) is 3. The zero-order chi connectivity index (χ0) is 10.5. The second-order valence-electron chi connectivity index (χ2n) is 2.82. The summed E-state index contributed by atoms with van der Waals surface area (Å²) < 4.78 is 10.5. The highest BCUT2D eigenvalue weighted by molar-refractivity contribution is 7.52. The number of carbonyl (C=O) groups excluding carboxylic acids is 1. The van der Waals surface area contributed by atoms with E-state index in [4.69, 9.17) is 9.79 Å². The number of likely N-dealkylation sites (N-methyl/N-ethyl adjacent to an activating group) is 1. The minimum absolute atomic E-state index is 0. The zero-order valence-electron chi connectivity index (χ0n) is 8.34. The Morgan fingerprint density at radius 1 is 1.29 bits per heavy atom. The van der Waals surface area contributed by atoms with Gasteiger partial charge < -0.3 is 9.79 Å². The first kappa shape index (κ1) is 16.5. The molecule has 0 amide bonds. The zero-order valence-corrected chi connectivity index (χ0v) is 10.1. The fourth-order valence-electron chi connectivity index (χ4n) is 0.976. The second-order valence-corrected chi connectivity index (χ2v) is 4.47. The van der Waals surface area contributed by atoms with Crippen LogP contribution < -0.4 is 0 Å². The predicted octanol–water partition coefficient (Wildman–Crippen LogP) is 0.497. The van der Waals surface area contributed by atoms with Crippen molar-refractivity contribution in [1.82, 2.24) is 4.90 Å². The number of ketones is 1. The van der Waals surface area contributed by atoms with E-state index < -0.39 is 19.5 Å². The van der Waals surface area contributed by atoms with Crippen LogP contribution in [0.4, 0.5) is 0 Å². The van der Waals surface area contributed by atoms with Crippen LogP contribution in [0, 0.1) is 0 Å². The molecule has 0 aliphatic heterocycles. The molecule has 0 spiro atoms. The molecular formula is C7H17ClNO4P. The Kier molecular flexibility index (Phi) is 8.69. The van der Waals surface area contributed by atoms with E-state index in [1.54, 1.807) is 0 Å². The summed E-state index contributed by atoms with van der Waals surface area (Å²) in [5.41, 5.74) is 0. The minimum Gasteiger partial charge on any atom is -0.324 e. The number of halogens is 1. The van der Waals surface area contributed by atoms with E-state index in [0.717, 1.165) is 0 Å². The Hall–Kier alpha value is 0.0700. The van der Waals surface area contributed by atoms with Gasteiger partial charge in [0.05, 0.1) is 6.54 Å². The van der Waals surface area contributed by atoms with Crippen molar-refractivity contribution in [3.8, 4) is 0 Å². The first-order valence-electron chi connectivity index (χ1n) is 4.17. The molecule has 0 atom stereocenters. The van der Waals surface area contributed by atoms with Gasteiger partial charge in [0.1, 0.15) is 6.16 Å². The summed E-state index contributed by atoms with van der Waals surface area (Å²) in [6.07, 6.45) is -0.649. The van der Waals surface area contributed by atoms with Crippen LogP contribution in [-0.4, -0.2) is 46.3 Å². The highest BCUT2D eigenvalue weighted by Gasteiger charge is 2.19. The molecule has 0 aliphatic carbocycles. The quantitative estimate of drug-likeness (QED) is 0.666. The van der Waals surface area contributed by atoms with Gasteiger partial charge in [-0.3, -0.25) is 14.3 Å². The van der Waals surface area contributed by atoms with Crippen molar-refractivity contribution in [3.05, 3.63) is 0 Å². The fraction of sp³-hybridized carbons (Fsp3) is 0.857. The molecule has 0 aliphatic rings. The molecule has 0 aromatic carbocycles. The van der Waals surface area contributed by atoms with Crippen molar-refractivity contribution in [3.63, 3.8) is 0 Å². The van der Waals surface area contributed by atoms with Crippen LogP contribution in [0.5, 0.6) is 0 Å². The molecule has 0 heterocycles. The van der Waals surface area contributed by atoms with Crippen LogP contribution in [-0.2, 0) is 9.36 Å². The van der Waals surface area contributed by atoms with Gasteiger partial charge in [0.25, 0.3) is 0 Å². The Morgan fingerprint density at radius 3 is 2.00 bits per heavy atom. The first-order valence-corrected chi connectivity index (χ1v) is 5.97. The maximum Gasteiger partial charge on any atom is 0.332 e. The molecule has 2 N–H and O–H groups in total. The lowest BCUT2D eigenvalue weighted by molar-refractivity contribution is -0.117. The topological polar surface area (TPSA) is 77.8 Å². The lowest BCUT2D eigenvalue weighted by Gasteiger charge is -2.16. The Balaban J connectivity index is 0. The van der Waals surface area contributed by atoms with Crippen LogP contribution >= 0.6 is 20.0 Å². The van der Waals surface area contributed by atoms with E-state index in [1.165, 1.54) is 0 Å². The van der Waals surface area contributed by atoms with Crippen LogP contribution in [0.2, 0.25) is 0 Å². The summed E-state index contributed by atoms with van der Waals surface area (Å²) in [5.74, 6) is -0.406. The third-order valence-electron chi connectivity index (χ3n) is 1.68. The lowest BCUT2D eigenvalue weighted by atomic mass is 10.4. The molecule has 14 heavy (non-hydrogen) atoms. The molecule has 0 radical (unpaired) electrons. The lowest BCUT2D eigenvalue weighted by Crippen LogP contribution is -2.30. The van der Waals surface area contributed by atoms with Gasteiger partial charge in [-0.05, 0) is 13.1 Å². The van der Waals surface area contributed by atoms with Crippen LogP contribution in [0.3, 0.4) is 0 Å². The van der Waals surface area contributed by atoms with Crippen molar-refractivity contribution >= 4 is 25.8 Å². The normalized spacial score (nSPS) is 11.2. The largest absolute Gasteiger partial charge is 0.332 e. The summed E-state index contributed by atoms with van der Waals surface area (Å²) in [7, 11) is -4.18. The SMILES string of the molecule is CCN(CC)CC(=O)CP(=O)(O)O.Cl. The highest BCUT2D eigenvalue weighted by Crippen LogP contribution is 2.33. The minimum atomic E-state index is -4.18. The fourth-order valence-corrected chi connectivity index (χ4v) is 1.54. The van der Waals surface area contributed by atoms with E-state index in [2.05, 4.69) is 0 Å². The smallest absolute Gasteiger partial charge is 0.324 e. The molecule has 0 rings (SSSR count). The predicted molar refractivity (Wildman–Crippen MR) is 57.0 cm³/mol. The highest BCUT2D eigenvalue weighted by atomic mass is 35.5. The van der Waals surface area contributed by atoms with E-state index in [1.807, 2.05) is 18.7 Å². The average molecular weight is 246 g/mol. The standard InChI is InChI=1S/C7H16NO4P.ClH/c1-3-8(4-2)5-7(9)6-13(10,11)12;/h3-6H2,1-2H3,(H2,10,11,12);1H. The van der Waals surface area contributed by atoms with Crippen molar-refractivity contribution < 1.29 is 19.1 Å². The molecule has 0 aromatic rings. The van der Waals surface area contributed by atoms with Crippen molar-refractivity contribution in [1.29, 1.82) is 0 Å². The maximum absolute atomic E-state index is 11.1. The number of nitrogens with zero attached hydrogens (tertiary/aromatic N) is 1. The molecule has 86 valence electrons. The maximum atomic E-state index is 11.1. The summed E-state index contributed by atoms with van der Waals surface area (Å²) in [6.45, 7) is 5.34. The number of hydrogen-bond donors (Lipinski definition) is 2. The Labute approximate surface area is 90.1 Å². The second kappa shape index (κ2) is 7.37. The Morgan fingerprint density at radius 2 is 1.71 bits per heavy atom. The van der Waals surface area contributed by atoms with Crippen LogP contribution in [0.15, 0.2) is 0 Å². The van der Waals surface area contributed by atoms with Gasteiger partial charge in [0.15, 0.2) is 5.78 Å². The molecule has 0 fully saturated rings. The van der Waals surface area contributed by atoms with E-state index in [9.17, 15) is 9.36 Å². The van der Waals surface area contributed by atoms with Gasteiger partial charge in [-0.25, -0.2) is 0 Å². The van der Waals surface area contributed by atoms with Crippen LogP contribution in [0.25, 0.3) is 0 Å². The average Bonchev–Trinajstić information content (AvgIpc) is 1.96. The molecule has 0 aromatic heterocycles. The molecule has 7 heteroatoms.